The van der Waals surface area contributed by atoms with E-state index in [9.17, 15) is 9.59 Å². The highest BCUT2D eigenvalue weighted by Crippen LogP contribution is 2.30. The molecule has 2 N–H and O–H groups in total. The molecular weight excluding hydrogens is 356 g/mol. The van der Waals surface area contributed by atoms with Crippen molar-refractivity contribution < 1.29 is 19.1 Å². The molecule has 0 aromatic heterocycles. The van der Waals surface area contributed by atoms with Crippen molar-refractivity contribution in [2.45, 2.75) is 12.5 Å². The predicted molar refractivity (Wildman–Crippen MR) is 97.8 cm³/mol. The van der Waals surface area contributed by atoms with Gasteiger partial charge in [-0.2, -0.15) is 0 Å². The van der Waals surface area contributed by atoms with Gasteiger partial charge in [-0.15, -0.1) is 0 Å². The number of rotatable bonds is 6. The quantitative estimate of drug-likeness (QED) is 0.814. The minimum absolute atomic E-state index is 0.167. The van der Waals surface area contributed by atoms with E-state index in [0.29, 0.717) is 35.2 Å². The molecule has 0 unspecified atom stereocenters. The summed E-state index contributed by atoms with van der Waals surface area (Å²) in [7, 11) is 0. The number of hydrogen-bond donors (Lipinski definition) is 2. The zero-order chi connectivity index (χ0) is 18.4. The second kappa shape index (κ2) is 8.58. The molecule has 0 saturated heterocycles. The van der Waals surface area contributed by atoms with Crippen LogP contribution in [0.2, 0.25) is 5.02 Å². The van der Waals surface area contributed by atoms with Crippen LogP contribution in [0.15, 0.2) is 48.5 Å². The maximum Gasteiger partial charge on any atom is 0.252 e. The van der Waals surface area contributed by atoms with Crippen molar-refractivity contribution >= 4 is 23.4 Å². The lowest BCUT2D eigenvalue weighted by Crippen LogP contribution is -2.41. The molecule has 1 heterocycles. The molecule has 0 radical (unpaired) electrons. The van der Waals surface area contributed by atoms with E-state index < -0.39 is 0 Å². The highest BCUT2D eigenvalue weighted by molar-refractivity contribution is 6.33. The average molecular weight is 375 g/mol. The molecule has 0 bridgehead atoms. The van der Waals surface area contributed by atoms with Gasteiger partial charge in [-0.05, 0) is 24.3 Å². The van der Waals surface area contributed by atoms with Gasteiger partial charge in [0.1, 0.15) is 12.7 Å². The standard InChI is InChI=1S/C19H19ClN2O4/c20-15-6-2-1-5-14(15)19(24)21-10-9-18(23)22-11-13-12-25-16-7-3-4-8-17(16)26-13/h1-8,13H,9-12H2,(H,21,24)(H,22,23)/t13-/m0/s1. The Labute approximate surface area is 156 Å². The molecule has 3 rings (SSSR count). The number of hydrogen-bond acceptors (Lipinski definition) is 4. The molecule has 1 atom stereocenters. The fourth-order valence-corrected chi connectivity index (χ4v) is 2.73. The van der Waals surface area contributed by atoms with Gasteiger partial charge < -0.3 is 20.1 Å². The number of nitrogens with one attached hydrogen (secondary N) is 2. The second-order valence-corrected chi connectivity index (χ2v) is 6.19. The lowest BCUT2D eigenvalue weighted by Gasteiger charge is -2.26. The van der Waals surface area contributed by atoms with Gasteiger partial charge in [-0.25, -0.2) is 0 Å². The Balaban J connectivity index is 1.37. The monoisotopic (exact) mass is 374 g/mol. The molecule has 0 aliphatic carbocycles. The van der Waals surface area contributed by atoms with Gasteiger partial charge in [-0.1, -0.05) is 35.9 Å². The van der Waals surface area contributed by atoms with Crippen molar-refractivity contribution in [1.29, 1.82) is 0 Å². The van der Waals surface area contributed by atoms with E-state index in [4.69, 9.17) is 21.1 Å². The summed E-state index contributed by atoms with van der Waals surface area (Å²) < 4.78 is 11.4. The number of carbonyl (C=O) groups excluding carboxylic acids is 2. The largest absolute Gasteiger partial charge is 0.486 e. The molecule has 26 heavy (non-hydrogen) atoms. The van der Waals surface area contributed by atoms with Crippen LogP contribution in [-0.4, -0.2) is 37.6 Å². The zero-order valence-corrected chi connectivity index (χ0v) is 14.8. The van der Waals surface area contributed by atoms with Crippen molar-refractivity contribution in [3.63, 3.8) is 0 Å². The van der Waals surface area contributed by atoms with Crippen molar-refractivity contribution in [1.82, 2.24) is 10.6 Å². The molecule has 2 aromatic rings. The first-order valence-electron chi connectivity index (χ1n) is 8.31. The molecule has 2 amide bonds. The molecule has 0 spiro atoms. The Morgan fingerprint density at radius 1 is 1.04 bits per heavy atom. The van der Waals surface area contributed by atoms with Crippen LogP contribution < -0.4 is 20.1 Å². The average Bonchev–Trinajstić information content (AvgIpc) is 2.66. The van der Waals surface area contributed by atoms with Crippen molar-refractivity contribution in [3.05, 3.63) is 59.1 Å². The predicted octanol–water partition coefficient (Wildman–Crippen LogP) is 2.42. The fraction of sp³-hybridized carbons (Fsp3) is 0.263. The van der Waals surface area contributed by atoms with E-state index in [1.54, 1.807) is 24.3 Å². The third-order valence-corrected chi connectivity index (χ3v) is 4.18. The molecular formula is C19H19ClN2O4. The van der Waals surface area contributed by atoms with Crippen molar-refractivity contribution in [3.8, 4) is 11.5 Å². The Bertz CT molecular complexity index is 797. The number of amides is 2. The number of ether oxygens (including phenoxy) is 2. The lowest BCUT2D eigenvalue weighted by atomic mass is 10.2. The van der Waals surface area contributed by atoms with Gasteiger partial charge in [-0.3, -0.25) is 9.59 Å². The number of carbonyl (C=O) groups is 2. The van der Waals surface area contributed by atoms with Gasteiger partial charge >= 0.3 is 0 Å². The van der Waals surface area contributed by atoms with Crippen LogP contribution in [0.1, 0.15) is 16.8 Å². The van der Waals surface area contributed by atoms with Crippen LogP contribution in [0.3, 0.4) is 0 Å². The SMILES string of the molecule is O=C(CCNC(=O)c1ccccc1Cl)NC[C@H]1COc2ccccc2O1. The van der Waals surface area contributed by atoms with Gasteiger partial charge in [0.2, 0.25) is 5.91 Å². The van der Waals surface area contributed by atoms with E-state index >= 15 is 0 Å². The number of benzene rings is 2. The van der Waals surface area contributed by atoms with Gasteiger partial charge in [0.25, 0.3) is 5.91 Å². The van der Waals surface area contributed by atoms with Crippen molar-refractivity contribution in [2.24, 2.45) is 0 Å². The Morgan fingerprint density at radius 2 is 1.77 bits per heavy atom. The second-order valence-electron chi connectivity index (χ2n) is 5.79. The van der Waals surface area contributed by atoms with E-state index in [0.717, 1.165) is 0 Å². The van der Waals surface area contributed by atoms with E-state index in [1.165, 1.54) is 0 Å². The minimum atomic E-state index is -0.302. The summed E-state index contributed by atoms with van der Waals surface area (Å²) in [5.41, 5.74) is 0.390. The van der Waals surface area contributed by atoms with Crippen LogP contribution in [0.5, 0.6) is 11.5 Å². The maximum absolute atomic E-state index is 12.0. The number of para-hydroxylation sites is 2. The molecule has 1 aliphatic rings. The summed E-state index contributed by atoms with van der Waals surface area (Å²) >= 11 is 5.97. The van der Waals surface area contributed by atoms with Crippen LogP contribution in [0, 0.1) is 0 Å². The highest BCUT2D eigenvalue weighted by Gasteiger charge is 2.21. The summed E-state index contributed by atoms with van der Waals surface area (Å²) in [6.07, 6.45) is -0.0769. The van der Waals surface area contributed by atoms with E-state index in [-0.39, 0.29) is 30.9 Å². The summed E-state index contributed by atoms with van der Waals surface area (Å²) in [5, 5.41) is 5.85. The Hall–Kier alpha value is -2.73. The smallest absolute Gasteiger partial charge is 0.252 e. The minimum Gasteiger partial charge on any atom is -0.486 e. The Morgan fingerprint density at radius 3 is 2.58 bits per heavy atom. The molecule has 6 nitrogen and oxygen atoms in total. The fourth-order valence-electron chi connectivity index (χ4n) is 2.51. The first-order valence-corrected chi connectivity index (χ1v) is 8.69. The van der Waals surface area contributed by atoms with Gasteiger partial charge in [0, 0.05) is 13.0 Å². The van der Waals surface area contributed by atoms with E-state index in [1.807, 2.05) is 24.3 Å². The first-order chi connectivity index (χ1) is 12.6. The molecule has 2 aromatic carbocycles. The first kappa shape index (κ1) is 18.1. The van der Waals surface area contributed by atoms with Crippen molar-refractivity contribution in [2.75, 3.05) is 19.7 Å². The number of fused-ring (bicyclic) bond motifs is 1. The van der Waals surface area contributed by atoms with Crippen LogP contribution in [0.25, 0.3) is 0 Å². The van der Waals surface area contributed by atoms with Crippen LogP contribution >= 0.6 is 11.6 Å². The molecule has 136 valence electrons. The summed E-state index contributed by atoms with van der Waals surface area (Å²) in [5.74, 6) is 0.901. The van der Waals surface area contributed by atoms with Crippen LogP contribution in [-0.2, 0) is 4.79 Å². The van der Waals surface area contributed by atoms with Gasteiger partial charge in [0.05, 0.1) is 17.1 Å². The van der Waals surface area contributed by atoms with E-state index in [2.05, 4.69) is 10.6 Å². The third kappa shape index (κ3) is 4.67. The summed E-state index contributed by atoms with van der Waals surface area (Å²) in [6.45, 7) is 0.937. The normalized spacial score (nSPS) is 15.2. The molecule has 0 saturated carbocycles. The molecule has 7 heteroatoms. The maximum atomic E-state index is 12.0. The summed E-state index contributed by atoms with van der Waals surface area (Å²) in [6, 6.07) is 14.2. The number of halogens is 1. The topological polar surface area (TPSA) is 76.7 Å². The molecule has 0 fully saturated rings. The summed E-state index contributed by atoms with van der Waals surface area (Å²) in [4.78, 5) is 23.9. The zero-order valence-electron chi connectivity index (χ0n) is 14.0. The van der Waals surface area contributed by atoms with Crippen LogP contribution in [0.4, 0.5) is 0 Å². The third-order valence-electron chi connectivity index (χ3n) is 3.85. The molecule has 1 aliphatic heterocycles. The Kier molecular flexibility index (Phi) is 5.96. The highest BCUT2D eigenvalue weighted by atomic mass is 35.5. The van der Waals surface area contributed by atoms with Gasteiger partial charge in [0.15, 0.2) is 11.5 Å². The lowest BCUT2D eigenvalue weighted by molar-refractivity contribution is -0.121.